The molecule has 2 rings (SSSR count). The summed E-state index contributed by atoms with van der Waals surface area (Å²) in [7, 11) is 1.67. The molecule has 1 N–H and O–H groups in total. The molecule has 0 bridgehead atoms. The molecule has 0 spiro atoms. The highest BCUT2D eigenvalue weighted by Crippen LogP contribution is 2.24. The molecule has 0 saturated heterocycles. The number of ether oxygens (including phenoxy) is 2. The van der Waals surface area contributed by atoms with Gasteiger partial charge in [-0.25, -0.2) is 4.79 Å². The second kappa shape index (κ2) is 6.19. The van der Waals surface area contributed by atoms with Crippen LogP contribution >= 0.6 is 0 Å². The first kappa shape index (κ1) is 14.1. The summed E-state index contributed by atoms with van der Waals surface area (Å²) in [5.74, 6) is -0.0486. The Hall–Kier alpha value is -1.36. The van der Waals surface area contributed by atoms with Crippen molar-refractivity contribution in [3.63, 3.8) is 0 Å². The lowest BCUT2D eigenvalue weighted by molar-refractivity contribution is -0.0542. The van der Waals surface area contributed by atoms with Gasteiger partial charge in [-0.2, -0.15) is 5.10 Å². The molecule has 1 aliphatic carbocycles. The van der Waals surface area contributed by atoms with E-state index in [1.54, 1.807) is 13.2 Å². The van der Waals surface area contributed by atoms with E-state index in [0.717, 1.165) is 31.4 Å². The Morgan fingerprint density at radius 1 is 1.37 bits per heavy atom. The third kappa shape index (κ3) is 3.35. The van der Waals surface area contributed by atoms with Crippen LogP contribution in [0.2, 0.25) is 0 Å². The Labute approximate surface area is 113 Å². The van der Waals surface area contributed by atoms with Crippen LogP contribution in [0.5, 0.6) is 0 Å². The summed E-state index contributed by atoms with van der Waals surface area (Å²) in [6.45, 7) is 4.09. The van der Waals surface area contributed by atoms with E-state index in [0.29, 0.717) is 11.6 Å². The average molecular weight is 266 g/mol. The number of esters is 1. The predicted octanol–water partition coefficient (Wildman–Crippen LogP) is 2.65. The van der Waals surface area contributed by atoms with E-state index in [-0.39, 0.29) is 18.2 Å². The van der Waals surface area contributed by atoms with Crippen molar-refractivity contribution in [3.05, 3.63) is 17.5 Å². The van der Waals surface area contributed by atoms with Gasteiger partial charge in [0.25, 0.3) is 0 Å². The predicted molar refractivity (Wildman–Crippen MR) is 71.1 cm³/mol. The minimum absolute atomic E-state index is 0.0150. The van der Waals surface area contributed by atoms with Crippen LogP contribution in [0.3, 0.4) is 0 Å². The molecule has 1 heterocycles. The number of nitrogens with zero attached hydrogens (tertiary/aromatic N) is 1. The van der Waals surface area contributed by atoms with Gasteiger partial charge in [0.05, 0.1) is 6.10 Å². The van der Waals surface area contributed by atoms with E-state index >= 15 is 0 Å². The molecule has 0 aliphatic heterocycles. The van der Waals surface area contributed by atoms with Crippen molar-refractivity contribution < 1.29 is 14.3 Å². The third-order valence-corrected chi connectivity index (χ3v) is 3.63. The molecule has 1 saturated carbocycles. The van der Waals surface area contributed by atoms with Crippen molar-refractivity contribution >= 4 is 5.97 Å². The number of aromatic amines is 1. The number of carbonyl (C=O) groups excluding carboxylic acids is 1. The van der Waals surface area contributed by atoms with Crippen LogP contribution in [-0.2, 0) is 9.47 Å². The number of aromatic nitrogens is 2. The maximum Gasteiger partial charge on any atom is 0.359 e. The van der Waals surface area contributed by atoms with E-state index in [4.69, 9.17) is 9.47 Å². The minimum atomic E-state index is -0.364. The van der Waals surface area contributed by atoms with Crippen molar-refractivity contribution in [2.24, 2.45) is 0 Å². The van der Waals surface area contributed by atoms with E-state index in [1.165, 1.54) is 0 Å². The van der Waals surface area contributed by atoms with Gasteiger partial charge in [0.2, 0.25) is 0 Å². The fourth-order valence-corrected chi connectivity index (χ4v) is 2.40. The van der Waals surface area contributed by atoms with Gasteiger partial charge < -0.3 is 9.47 Å². The van der Waals surface area contributed by atoms with Gasteiger partial charge in [-0.3, -0.25) is 5.10 Å². The second-order valence-corrected chi connectivity index (χ2v) is 5.37. The molecule has 1 aliphatic rings. The SMILES string of the molecule is CO[C@@H]1CCCC[C@H]1OC(=O)c1cc(C(C)C)[nH]n1. The van der Waals surface area contributed by atoms with E-state index < -0.39 is 0 Å². The number of hydrogen-bond acceptors (Lipinski definition) is 4. The monoisotopic (exact) mass is 266 g/mol. The lowest BCUT2D eigenvalue weighted by Crippen LogP contribution is -2.35. The molecule has 0 radical (unpaired) electrons. The lowest BCUT2D eigenvalue weighted by atomic mass is 9.94. The Morgan fingerprint density at radius 3 is 2.63 bits per heavy atom. The van der Waals surface area contributed by atoms with Crippen LogP contribution in [0.15, 0.2) is 6.07 Å². The van der Waals surface area contributed by atoms with Crippen LogP contribution in [0.4, 0.5) is 0 Å². The molecule has 0 unspecified atom stereocenters. The highest BCUT2D eigenvalue weighted by atomic mass is 16.6. The summed E-state index contributed by atoms with van der Waals surface area (Å²) in [6.07, 6.45) is 3.90. The first-order valence-corrected chi connectivity index (χ1v) is 6.91. The van der Waals surface area contributed by atoms with Crippen molar-refractivity contribution in [2.75, 3.05) is 7.11 Å². The van der Waals surface area contributed by atoms with Crippen molar-refractivity contribution in [3.8, 4) is 0 Å². The summed E-state index contributed by atoms with van der Waals surface area (Å²) >= 11 is 0. The summed E-state index contributed by atoms with van der Waals surface area (Å²) in [5, 5.41) is 6.88. The van der Waals surface area contributed by atoms with Crippen molar-refractivity contribution in [1.82, 2.24) is 10.2 Å². The molecule has 1 fully saturated rings. The summed E-state index contributed by atoms with van der Waals surface area (Å²) < 4.78 is 10.9. The maximum atomic E-state index is 12.1. The van der Waals surface area contributed by atoms with Gasteiger partial charge in [0.1, 0.15) is 6.10 Å². The summed E-state index contributed by atoms with van der Waals surface area (Å²) in [6, 6.07) is 1.76. The minimum Gasteiger partial charge on any atom is -0.455 e. The lowest BCUT2D eigenvalue weighted by Gasteiger charge is -2.29. The number of methoxy groups -OCH3 is 1. The molecule has 1 aromatic heterocycles. The highest BCUT2D eigenvalue weighted by molar-refractivity contribution is 5.87. The van der Waals surface area contributed by atoms with Crippen LogP contribution in [-0.4, -0.2) is 35.5 Å². The molecule has 0 aromatic carbocycles. The van der Waals surface area contributed by atoms with Gasteiger partial charge >= 0.3 is 5.97 Å². The van der Waals surface area contributed by atoms with Crippen molar-refractivity contribution in [1.29, 1.82) is 0 Å². The molecular formula is C14H22N2O3. The first-order valence-electron chi connectivity index (χ1n) is 6.91. The Kier molecular flexibility index (Phi) is 4.58. The number of rotatable bonds is 4. The van der Waals surface area contributed by atoms with E-state index in [1.807, 2.05) is 13.8 Å². The topological polar surface area (TPSA) is 64.2 Å². The second-order valence-electron chi connectivity index (χ2n) is 5.37. The van der Waals surface area contributed by atoms with Crippen molar-refractivity contribution in [2.45, 2.75) is 57.7 Å². The number of hydrogen-bond donors (Lipinski definition) is 1. The van der Waals surface area contributed by atoms with E-state index in [9.17, 15) is 4.79 Å². The molecule has 0 amide bonds. The molecule has 5 nitrogen and oxygen atoms in total. The maximum absolute atomic E-state index is 12.1. The molecule has 1 aromatic rings. The van der Waals surface area contributed by atoms with Crippen LogP contribution in [0, 0.1) is 0 Å². The summed E-state index contributed by atoms with van der Waals surface area (Å²) in [4.78, 5) is 12.1. The fraction of sp³-hybridized carbons (Fsp3) is 0.714. The normalized spacial score (nSPS) is 23.6. The van der Waals surface area contributed by atoms with E-state index in [2.05, 4.69) is 10.2 Å². The Bertz CT molecular complexity index is 428. The quantitative estimate of drug-likeness (QED) is 0.851. The summed E-state index contributed by atoms with van der Waals surface area (Å²) in [5.41, 5.74) is 1.29. The zero-order chi connectivity index (χ0) is 13.8. The standard InChI is InChI=1S/C14H22N2O3/c1-9(2)10-8-11(16-15-10)14(17)19-13-7-5-4-6-12(13)18-3/h8-9,12-13H,4-7H2,1-3H3,(H,15,16)/t12-,13-/m1/s1. The Balaban J connectivity index is 1.99. The molecular weight excluding hydrogens is 244 g/mol. The average Bonchev–Trinajstić information content (AvgIpc) is 2.89. The van der Waals surface area contributed by atoms with Crippen LogP contribution in [0.1, 0.15) is 61.6 Å². The largest absolute Gasteiger partial charge is 0.455 e. The zero-order valence-corrected chi connectivity index (χ0v) is 11.8. The van der Waals surface area contributed by atoms with Gasteiger partial charge in [-0.15, -0.1) is 0 Å². The molecule has 5 heteroatoms. The molecule has 2 atom stereocenters. The highest BCUT2D eigenvalue weighted by Gasteiger charge is 2.29. The van der Waals surface area contributed by atoms with Gasteiger partial charge in [-0.05, 0) is 31.2 Å². The van der Waals surface area contributed by atoms with Gasteiger partial charge in [0.15, 0.2) is 5.69 Å². The van der Waals surface area contributed by atoms with Gasteiger partial charge in [0, 0.05) is 12.8 Å². The zero-order valence-electron chi connectivity index (χ0n) is 11.8. The van der Waals surface area contributed by atoms with Crippen LogP contribution in [0.25, 0.3) is 0 Å². The van der Waals surface area contributed by atoms with Crippen LogP contribution < -0.4 is 0 Å². The molecule has 106 valence electrons. The number of carbonyl (C=O) groups is 1. The van der Waals surface area contributed by atoms with Gasteiger partial charge in [-0.1, -0.05) is 20.3 Å². The first-order chi connectivity index (χ1) is 9.11. The Morgan fingerprint density at radius 2 is 2.05 bits per heavy atom. The third-order valence-electron chi connectivity index (χ3n) is 3.63. The molecule has 19 heavy (non-hydrogen) atoms. The number of H-pyrrole nitrogens is 1. The fourth-order valence-electron chi connectivity index (χ4n) is 2.40. The number of nitrogens with one attached hydrogen (secondary N) is 1. The smallest absolute Gasteiger partial charge is 0.359 e.